The number of ketones is 1. The van der Waals surface area contributed by atoms with Gasteiger partial charge in [-0.2, -0.15) is 0 Å². The molecule has 30 heavy (non-hydrogen) atoms. The number of carbonyl (C=O) groups excluding carboxylic acids is 1. The van der Waals surface area contributed by atoms with Crippen LogP contribution in [0.2, 0.25) is 0 Å². The average Bonchev–Trinajstić information content (AvgIpc) is 2.72. The standard InChI is InChI=1S/C17H8F10O3/c18-8-6(9(19)13(23)16(26)12(8)22)3-29-1-5(28)2-30-4-7-10(20)14(24)17(27)15(25)11(7)21/h1-4H2. The summed E-state index contributed by atoms with van der Waals surface area (Å²) in [6, 6.07) is 0. The normalized spacial score (nSPS) is 11.3. The molecular weight excluding hydrogens is 442 g/mol. The first-order chi connectivity index (χ1) is 14.0. The number of Topliss-reactive ketones (excluding diaryl/α,β-unsaturated/α-hetero) is 1. The van der Waals surface area contributed by atoms with E-state index in [4.69, 9.17) is 0 Å². The highest BCUT2D eigenvalue weighted by Gasteiger charge is 2.27. The van der Waals surface area contributed by atoms with Gasteiger partial charge in [-0.25, -0.2) is 43.9 Å². The first kappa shape index (κ1) is 23.6. The lowest BCUT2D eigenvalue weighted by atomic mass is 10.2. The van der Waals surface area contributed by atoms with Crippen LogP contribution in [0.15, 0.2) is 0 Å². The third-order valence-electron chi connectivity index (χ3n) is 3.62. The predicted molar refractivity (Wildman–Crippen MR) is 76.8 cm³/mol. The van der Waals surface area contributed by atoms with E-state index in [0.29, 0.717) is 0 Å². The lowest BCUT2D eigenvalue weighted by molar-refractivity contribution is -0.129. The number of benzene rings is 2. The van der Waals surface area contributed by atoms with Gasteiger partial charge in [-0.1, -0.05) is 0 Å². The Bertz CT molecular complexity index is 857. The van der Waals surface area contributed by atoms with Gasteiger partial charge in [-0.3, -0.25) is 4.79 Å². The molecule has 2 rings (SSSR count). The minimum absolute atomic E-state index is 0.989. The lowest BCUT2D eigenvalue weighted by Crippen LogP contribution is -2.17. The van der Waals surface area contributed by atoms with Crippen LogP contribution < -0.4 is 0 Å². The summed E-state index contributed by atoms with van der Waals surface area (Å²) in [5.41, 5.74) is -2.69. The van der Waals surface area contributed by atoms with Crippen molar-refractivity contribution in [2.75, 3.05) is 13.2 Å². The molecule has 0 aliphatic rings. The maximum absolute atomic E-state index is 13.4. The van der Waals surface area contributed by atoms with E-state index >= 15 is 0 Å². The third kappa shape index (κ3) is 4.56. The van der Waals surface area contributed by atoms with Crippen LogP contribution in [-0.2, 0) is 27.5 Å². The van der Waals surface area contributed by atoms with Crippen molar-refractivity contribution in [2.45, 2.75) is 13.2 Å². The Kier molecular flexibility index (Phi) is 7.42. The third-order valence-corrected chi connectivity index (χ3v) is 3.62. The van der Waals surface area contributed by atoms with Crippen molar-refractivity contribution in [1.82, 2.24) is 0 Å². The maximum Gasteiger partial charge on any atom is 0.200 e. The van der Waals surface area contributed by atoms with Crippen LogP contribution in [0, 0.1) is 58.2 Å². The van der Waals surface area contributed by atoms with E-state index in [9.17, 15) is 48.7 Å². The molecule has 0 atom stereocenters. The van der Waals surface area contributed by atoms with Gasteiger partial charge >= 0.3 is 0 Å². The summed E-state index contributed by atoms with van der Waals surface area (Å²) in [6.07, 6.45) is 0. The molecule has 0 unspecified atom stereocenters. The smallest absolute Gasteiger partial charge is 0.200 e. The highest BCUT2D eigenvalue weighted by molar-refractivity contribution is 5.80. The fourth-order valence-corrected chi connectivity index (χ4v) is 2.13. The van der Waals surface area contributed by atoms with E-state index in [1.807, 2.05) is 0 Å². The molecule has 3 nitrogen and oxygen atoms in total. The van der Waals surface area contributed by atoms with Crippen molar-refractivity contribution in [2.24, 2.45) is 0 Å². The van der Waals surface area contributed by atoms with Crippen molar-refractivity contribution in [3.05, 3.63) is 69.3 Å². The fourth-order valence-electron chi connectivity index (χ4n) is 2.13. The summed E-state index contributed by atoms with van der Waals surface area (Å²) in [6.45, 7) is -4.38. The molecule has 0 saturated carbocycles. The van der Waals surface area contributed by atoms with Crippen LogP contribution in [0.5, 0.6) is 0 Å². The molecule has 0 saturated heterocycles. The van der Waals surface area contributed by atoms with Crippen molar-refractivity contribution in [3.8, 4) is 0 Å². The highest BCUT2D eigenvalue weighted by Crippen LogP contribution is 2.24. The number of hydrogen-bond donors (Lipinski definition) is 0. The van der Waals surface area contributed by atoms with Crippen molar-refractivity contribution in [3.63, 3.8) is 0 Å². The van der Waals surface area contributed by atoms with Crippen molar-refractivity contribution in [1.29, 1.82) is 0 Å². The molecule has 0 spiro atoms. The molecule has 0 amide bonds. The quantitative estimate of drug-likeness (QED) is 0.340. The molecule has 2 aromatic carbocycles. The highest BCUT2D eigenvalue weighted by atomic mass is 19.2. The van der Waals surface area contributed by atoms with Gasteiger partial charge in [0.1, 0.15) is 13.2 Å². The Morgan fingerprint density at radius 1 is 0.467 bits per heavy atom. The summed E-state index contributed by atoms with van der Waals surface area (Å²) in [7, 11) is 0. The van der Waals surface area contributed by atoms with Crippen LogP contribution in [-0.4, -0.2) is 19.0 Å². The molecule has 0 N–H and O–H groups in total. The Hall–Kier alpha value is -2.67. The molecule has 13 heteroatoms. The number of halogens is 10. The van der Waals surface area contributed by atoms with E-state index in [0.717, 1.165) is 0 Å². The molecule has 0 radical (unpaired) electrons. The van der Waals surface area contributed by atoms with Gasteiger partial charge in [-0.15, -0.1) is 0 Å². The zero-order valence-corrected chi connectivity index (χ0v) is 14.3. The van der Waals surface area contributed by atoms with E-state index in [2.05, 4.69) is 9.47 Å². The van der Waals surface area contributed by atoms with E-state index in [1.54, 1.807) is 0 Å². The molecule has 2 aromatic rings. The zero-order chi connectivity index (χ0) is 22.7. The minimum atomic E-state index is -2.38. The summed E-state index contributed by atoms with van der Waals surface area (Å²) >= 11 is 0. The van der Waals surface area contributed by atoms with Gasteiger partial charge in [0.15, 0.2) is 52.3 Å². The number of hydrogen-bond acceptors (Lipinski definition) is 3. The van der Waals surface area contributed by atoms with E-state index in [1.165, 1.54) is 0 Å². The molecule has 0 aliphatic carbocycles. The van der Waals surface area contributed by atoms with Gasteiger partial charge in [0, 0.05) is 0 Å². The maximum atomic E-state index is 13.4. The van der Waals surface area contributed by atoms with E-state index in [-0.39, 0.29) is 0 Å². The zero-order valence-electron chi connectivity index (χ0n) is 14.3. The molecular formula is C17H8F10O3. The van der Waals surface area contributed by atoms with Crippen LogP contribution in [0.3, 0.4) is 0 Å². The van der Waals surface area contributed by atoms with Crippen molar-refractivity contribution >= 4 is 5.78 Å². The lowest BCUT2D eigenvalue weighted by Gasteiger charge is -2.10. The Morgan fingerprint density at radius 2 is 0.700 bits per heavy atom. The second-order valence-electron chi connectivity index (χ2n) is 5.62. The molecule has 0 aromatic heterocycles. The van der Waals surface area contributed by atoms with Crippen LogP contribution >= 0.6 is 0 Å². The SMILES string of the molecule is O=C(COCc1c(F)c(F)c(F)c(F)c1F)COCc1c(F)c(F)c(F)c(F)c1F. The molecule has 0 fully saturated rings. The molecule has 0 bridgehead atoms. The van der Waals surface area contributed by atoms with Gasteiger partial charge in [0.2, 0.25) is 11.6 Å². The van der Waals surface area contributed by atoms with Gasteiger partial charge in [0.05, 0.1) is 24.3 Å². The van der Waals surface area contributed by atoms with Gasteiger partial charge in [0.25, 0.3) is 0 Å². The molecule has 164 valence electrons. The number of ether oxygens (including phenoxy) is 2. The van der Waals surface area contributed by atoms with Crippen LogP contribution in [0.1, 0.15) is 11.1 Å². The molecule has 0 aliphatic heterocycles. The monoisotopic (exact) mass is 450 g/mol. The Balaban J connectivity index is 1.92. The largest absolute Gasteiger partial charge is 0.369 e. The summed E-state index contributed by atoms with van der Waals surface area (Å²) in [5.74, 6) is -23.3. The summed E-state index contributed by atoms with van der Waals surface area (Å²) in [5, 5.41) is 0. The Morgan fingerprint density at radius 3 is 0.967 bits per heavy atom. The first-order valence-corrected chi connectivity index (χ1v) is 7.66. The van der Waals surface area contributed by atoms with Crippen LogP contribution in [0.4, 0.5) is 43.9 Å². The van der Waals surface area contributed by atoms with Gasteiger partial charge < -0.3 is 9.47 Å². The molecule has 0 heterocycles. The number of carbonyl (C=O) groups is 1. The average molecular weight is 450 g/mol. The second kappa shape index (κ2) is 9.43. The summed E-state index contributed by atoms with van der Waals surface area (Å²) < 4.78 is 141. The first-order valence-electron chi connectivity index (χ1n) is 7.66. The minimum Gasteiger partial charge on any atom is -0.369 e. The summed E-state index contributed by atoms with van der Waals surface area (Å²) in [4.78, 5) is 11.5. The predicted octanol–water partition coefficient (Wildman–Crippen LogP) is 4.38. The Labute approximate surface area is 160 Å². The number of rotatable bonds is 8. The fraction of sp³-hybridized carbons (Fsp3) is 0.235. The van der Waals surface area contributed by atoms with E-state index < -0.39 is 102 Å². The second-order valence-corrected chi connectivity index (χ2v) is 5.62. The topological polar surface area (TPSA) is 35.5 Å². The van der Waals surface area contributed by atoms with Crippen molar-refractivity contribution < 1.29 is 58.2 Å². The van der Waals surface area contributed by atoms with Crippen LogP contribution in [0.25, 0.3) is 0 Å². The van der Waals surface area contributed by atoms with Gasteiger partial charge in [-0.05, 0) is 0 Å².